The minimum atomic E-state index is -1.19. The number of fused-ring (bicyclic) bond motifs is 4. The normalized spacial score (nSPS) is 19.8. The van der Waals surface area contributed by atoms with Crippen molar-refractivity contribution in [3.63, 3.8) is 0 Å². The zero-order valence-corrected chi connectivity index (χ0v) is 11.5. The molecule has 0 aromatic heterocycles. The van der Waals surface area contributed by atoms with Gasteiger partial charge in [0.2, 0.25) is 0 Å². The van der Waals surface area contributed by atoms with E-state index >= 15 is 0 Å². The molecule has 0 unspecified atom stereocenters. The lowest BCUT2D eigenvalue weighted by molar-refractivity contribution is 0.464. The molecule has 2 aliphatic heterocycles. The fraction of sp³-hybridized carbons (Fsp3) is 0. The molecule has 22 heavy (non-hydrogen) atoms. The van der Waals surface area contributed by atoms with Gasteiger partial charge in [0, 0.05) is 10.5 Å². The highest BCUT2D eigenvalue weighted by Gasteiger charge is 2.39. The summed E-state index contributed by atoms with van der Waals surface area (Å²) in [5.74, 6) is -0.938. The first-order chi connectivity index (χ1) is 15.0. The molecule has 4 heteroatoms. The molecule has 0 radical (unpaired) electrons. The Labute approximate surface area is 147 Å². The maximum absolute atomic E-state index is 8.47. The van der Waals surface area contributed by atoms with Crippen LogP contribution in [-0.2, 0) is 0 Å². The summed E-state index contributed by atoms with van der Waals surface area (Å²) in [6.07, 6.45) is 0. The summed E-state index contributed by atoms with van der Waals surface area (Å²) in [4.78, 5) is 0. The third kappa shape index (κ3) is 1.57. The van der Waals surface area contributed by atoms with Crippen LogP contribution in [0, 0.1) is 0 Å². The van der Waals surface area contributed by atoms with Crippen LogP contribution in [0.2, 0.25) is 5.02 Å². The zero-order chi connectivity index (χ0) is 23.4. The van der Waals surface area contributed by atoms with Crippen molar-refractivity contribution in [2.24, 2.45) is 0 Å². The summed E-state index contributed by atoms with van der Waals surface area (Å²) >= 11 is 6.14. The number of para-hydroxylation sites is 2. The van der Waals surface area contributed by atoms with Gasteiger partial charge >= 0.3 is 0 Å². The smallest absolute Gasteiger partial charge is 0.260 e. The Bertz CT molecular complexity index is 1270. The van der Waals surface area contributed by atoms with Gasteiger partial charge in [0.25, 0.3) is 6.71 Å². The van der Waals surface area contributed by atoms with Crippen molar-refractivity contribution in [2.75, 3.05) is 0 Å². The molecule has 0 bridgehead atoms. The van der Waals surface area contributed by atoms with E-state index in [0.29, 0.717) is 0 Å². The summed E-state index contributed by atoms with van der Waals surface area (Å²) < 4.78 is 93.8. The molecule has 104 valence electrons. The van der Waals surface area contributed by atoms with E-state index in [4.69, 9.17) is 34.8 Å². The van der Waals surface area contributed by atoms with Gasteiger partial charge in [-0.3, -0.25) is 0 Å². The third-order valence-corrected chi connectivity index (χ3v) is 3.76. The van der Waals surface area contributed by atoms with Crippen molar-refractivity contribution in [3.8, 4) is 23.0 Å². The number of hydrogen-bond donors (Lipinski definition) is 0. The Balaban J connectivity index is 2.03. The molecule has 0 aliphatic carbocycles. The second kappa shape index (κ2) is 4.31. The third-order valence-electron chi connectivity index (χ3n) is 3.57. The van der Waals surface area contributed by atoms with Crippen LogP contribution in [0.15, 0.2) is 60.4 Å². The highest BCUT2D eigenvalue weighted by atomic mass is 35.5. The zero-order valence-electron chi connectivity index (χ0n) is 20.8. The van der Waals surface area contributed by atoms with Crippen LogP contribution in [0.4, 0.5) is 0 Å². The molecule has 2 heterocycles. The van der Waals surface area contributed by atoms with Gasteiger partial charge in [-0.1, -0.05) is 47.9 Å². The van der Waals surface area contributed by atoms with Crippen molar-refractivity contribution in [2.45, 2.75) is 0 Å². The Morgan fingerprint density at radius 2 is 1.27 bits per heavy atom. The van der Waals surface area contributed by atoms with Crippen molar-refractivity contribution < 1.29 is 23.2 Å². The van der Waals surface area contributed by atoms with E-state index in [-0.39, 0.29) is 44.4 Å². The van der Waals surface area contributed by atoms with Crippen molar-refractivity contribution in [1.29, 1.82) is 0 Å². The SMILES string of the molecule is [2H]c1c([2H])c([2H])c2c(c1[2H])Oc1c([2H])c(Cl)c([2H])c3c1B2c1c([2H])c([2H])c([2H])c([2H])c1O3. The molecular weight excluding hydrogens is 294 g/mol. The molecule has 0 atom stereocenters. The second-order valence-electron chi connectivity index (χ2n) is 4.76. The maximum atomic E-state index is 8.47. The van der Waals surface area contributed by atoms with Crippen LogP contribution in [0.5, 0.6) is 23.0 Å². The average Bonchev–Trinajstić information content (AvgIpc) is 2.79. The van der Waals surface area contributed by atoms with E-state index in [2.05, 4.69) is 0 Å². The lowest BCUT2D eigenvalue weighted by Gasteiger charge is -2.32. The van der Waals surface area contributed by atoms with Gasteiger partial charge in [0.1, 0.15) is 23.0 Å². The number of halogens is 1. The van der Waals surface area contributed by atoms with Gasteiger partial charge in [0.15, 0.2) is 0 Å². The predicted octanol–water partition coefficient (Wildman–Crippen LogP) is 3.07. The van der Waals surface area contributed by atoms with E-state index in [0.717, 1.165) is 0 Å². The van der Waals surface area contributed by atoms with Gasteiger partial charge in [-0.15, -0.1) is 0 Å². The predicted molar refractivity (Wildman–Crippen MR) is 89.1 cm³/mol. The topological polar surface area (TPSA) is 18.5 Å². The van der Waals surface area contributed by atoms with Crippen LogP contribution in [-0.4, -0.2) is 6.71 Å². The van der Waals surface area contributed by atoms with E-state index in [1.807, 2.05) is 0 Å². The molecule has 0 amide bonds. The molecule has 0 fully saturated rings. The molecule has 2 aliphatic rings. The number of benzene rings is 3. The summed E-state index contributed by atoms with van der Waals surface area (Å²) in [6, 6.07) is -4.96. The van der Waals surface area contributed by atoms with Crippen molar-refractivity contribution in [3.05, 3.63) is 65.4 Å². The largest absolute Gasteiger partial charge is 0.458 e. The minimum absolute atomic E-state index is 0.0551. The van der Waals surface area contributed by atoms with Crippen LogP contribution < -0.4 is 25.9 Å². The average molecular weight is 315 g/mol. The van der Waals surface area contributed by atoms with Gasteiger partial charge in [-0.05, 0) is 35.1 Å². The number of hydrogen-bond acceptors (Lipinski definition) is 2. The molecule has 3 aromatic carbocycles. The van der Waals surface area contributed by atoms with E-state index < -0.39 is 67.1 Å². The molecule has 5 rings (SSSR count). The van der Waals surface area contributed by atoms with Gasteiger partial charge in [0.05, 0.1) is 13.7 Å². The standard InChI is InChI=1S/C18H10BClO2/c20-11-9-16-18-17(10-11)22-15-8-4-2-6-13(15)19(18)12-5-1-3-7-14(12)21-16/h1-10H/i1D,2D,3D,4D,5D,6D,7D,8D,9D,10D. The van der Waals surface area contributed by atoms with Crippen molar-refractivity contribution in [1.82, 2.24) is 0 Å². The van der Waals surface area contributed by atoms with Gasteiger partial charge < -0.3 is 9.47 Å². The molecule has 0 saturated heterocycles. The molecule has 2 nitrogen and oxygen atoms in total. The van der Waals surface area contributed by atoms with Crippen molar-refractivity contribution >= 4 is 34.7 Å². The molecular formula is C18H10BClO2. The summed E-state index contributed by atoms with van der Waals surface area (Å²) in [5.41, 5.74) is -0.0830. The monoisotopic (exact) mass is 314 g/mol. The summed E-state index contributed by atoms with van der Waals surface area (Å²) in [5, 5.41) is -0.328. The lowest BCUT2D eigenvalue weighted by atomic mass is 9.35. The first-order valence-electron chi connectivity index (χ1n) is 11.4. The maximum Gasteiger partial charge on any atom is 0.260 e. The summed E-state index contributed by atoms with van der Waals surface area (Å²) in [6.45, 7) is -1.19. The first-order valence-corrected chi connectivity index (χ1v) is 6.75. The minimum Gasteiger partial charge on any atom is -0.458 e. The highest BCUT2D eigenvalue weighted by molar-refractivity contribution is 6.98. The van der Waals surface area contributed by atoms with Crippen LogP contribution in [0.25, 0.3) is 0 Å². The van der Waals surface area contributed by atoms with Crippen LogP contribution in [0.1, 0.15) is 13.7 Å². The van der Waals surface area contributed by atoms with Gasteiger partial charge in [-0.2, -0.15) is 0 Å². The molecule has 0 spiro atoms. The quantitative estimate of drug-likeness (QED) is 0.409. The fourth-order valence-corrected chi connectivity index (χ4v) is 2.89. The lowest BCUT2D eigenvalue weighted by Crippen LogP contribution is -2.57. The first kappa shape index (κ1) is 6.02. The van der Waals surface area contributed by atoms with Crippen LogP contribution >= 0.6 is 11.6 Å². The Kier molecular flexibility index (Phi) is 1.18. The number of ether oxygens (including phenoxy) is 2. The molecule has 3 aromatic rings. The van der Waals surface area contributed by atoms with E-state index in [1.165, 1.54) is 0 Å². The number of rotatable bonds is 0. The Hall–Kier alpha value is -2.39. The van der Waals surface area contributed by atoms with Crippen LogP contribution in [0.3, 0.4) is 0 Å². The highest BCUT2D eigenvalue weighted by Crippen LogP contribution is 2.36. The summed E-state index contributed by atoms with van der Waals surface area (Å²) in [7, 11) is 0. The van der Waals surface area contributed by atoms with Gasteiger partial charge in [-0.25, -0.2) is 0 Å². The fourth-order valence-electron chi connectivity index (χ4n) is 2.72. The Morgan fingerprint density at radius 1 is 0.773 bits per heavy atom. The second-order valence-corrected chi connectivity index (χ2v) is 5.14. The Morgan fingerprint density at radius 3 is 1.82 bits per heavy atom. The molecule has 0 N–H and O–H groups in total. The van der Waals surface area contributed by atoms with E-state index in [1.54, 1.807) is 0 Å². The molecule has 0 saturated carbocycles. The van der Waals surface area contributed by atoms with E-state index in [9.17, 15) is 0 Å².